The van der Waals surface area contributed by atoms with E-state index in [9.17, 15) is 14.9 Å². The number of hydrogen-bond acceptors (Lipinski definition) is 5. The molecular formula is C20H15N3O4. The van der Waals surface area contributed by atoms with Gasteiger partial charge in [0.05, 0.1) is 10.5 Å². The van der Waals surface area contributed by atoms with Gasteiger partial charge < -0.3 is 16.2 Å². The normalized spacial score (nSPS) is 15.9. The number of amides is 1. The fourth-order valence-corrected chi connectivity index (χ4v) is 3.49. The van der Waals surface area contributed by atoms with Crippen LogP contribution in [0, 0.1) is 10.1 Å². The van der Waals surface area contributed by atoms with Crippen molar-refractivity contribution in [2.75, 3.05) is 0 Å². The third kappa shape index (κ3) is 2.65. The Labute approximate surface area is 154 Å². The smallest absolute Gasteiger partial charge is 0.269 e. The standard InChI is InChI=1S/C20H15N3O4/c21-19(24)17-16(12-5-3-6-13(10-12)23(25)26)15-9-8-11-4-1-2-7-14(11)18(15)27-20(17)22/h1-10,16H,22H2,(H2,21,24). The fraction of sp³-hybridized carbons (Fsp3) is 0.0500. The molecule has 1 amide bonds. The third-order valence-electron chi connectivity index (χ3n) is 4.67. The number of primary amides is 1. The molecule has 134 valence electrons. The first-order chi connectivity index (χ1) is 13.0. The van der Waals surface area contributed by atoms with Gasteiger partial charge in [-0.2, -0.15) is 0 Å². The average Bonchev–Trinajstić information content (AvgIpc) is 2.66. The Bertz CT molecular complexity index is 1140. The van der Waals surface area contributed by atoms with Crippen molar-refractivity contribution < 1.29 is 14.5 Å². The van der Waals surface area contributed by atoms with Crippen LogP contribution in [0.3, 0.4) is 0 Å². The number of nitro benzene ring substituents is 1. The van der Waals surface area contributed by atoms with Gasteiger partial charge in [0.25, 0.3) is 11.6 Å². The summed E-state index contributed by atoms with van der Waals surface area (Å²) in [6.45, 7) is 0. The van der Waals surface area contributed by atoms with E-state index in [1.165, 1.54) is 12.1 Å². The topological polar surface area (TPSA) is 121 Å². The number of nitro groups is 1. The average molecular weight is 361 g/mol. The maximum absolute atomic E-state index is 12.1. The molecule has 0 saturated carbocycles. The molecule has 4 rings (SSSR count). The molecule has 0 bridgehead atoms. The Hall–Kier alpha value is -3.87. The molecule has 1 heterocycles. The minimum absolute atomic E-state index is 0.0799. The summed E-state index contributed by atoms with van der Waals surface area (Å²) >= 11 is 0. The van der Waals surface area contributed by atoms with E-state index in [0.29, 0.717) is 16.9 Å². The summed E-state index contributed by atoms with van der Waals surface area (Å²) in [6, 6.07) is 17.4. The number of nitrogens with zero attached hydrogens (tertiary/aromatic N) is 1. The van der Waals surface area contributed by atoms with Gasteiger partial charge in [0.15, 0.2) is 0 Å². The van der Waals surface area contributed by atoms with Crippen molar-refractivity contribution in [1.29, 1.82) is 0 Å². The summed E-state index contributed by atoms with van der Waals surface area (Å²) in [4.78, 5) is 22.8. The zero-order chi connectivity index (χ0) is 19.1. The van der Waals surface area contributed by atoms with Crippen molar-refractivity contribution in [3.8, 4) is 5.75 Å². The molecule has 27 heavy (non-hydrogen) atoms. The molecule has 3 aromatic rings. The summed E-state index contributed by atoms with van der Waals surface area (Å²) in [5.74, 6) is -0.964. The summed E-state index contributed by atoms with van der Waals surface area (Å²) in [6.07, 6.45) is 0. The van der Waals surface area contributed by atoms with E-state index >= 15 is 0 Å². The zero-order valence-corrected chi connectivity index (χ0v) is 14.1. The Balaban J connectivity index is 2.01. The molecule has 0 aromatic heterocycles. The van der Waals surface area contributed by atoms with Crippen molar-refractivity contribution in [2.45, 2.75) is 5.92 Å². The van der Waals surface area contributed by atoms with Crippen molar-refractivity contribution in [2.24, 2.45) is 11.5 Å². The second-order valence-corrected chi connectivity index (χ2v) is 6.23. The second kappa shape index (κ2) is 6.14. The number of carbonyl (C=O) groups is 1. The maximum Gasteiger partial charge on any atom is 0.269 e. The number of ether oxygens (including phenoxy) is 1. The predicted octanol–water partition coefficient (Wildman–Crippen LogP) is 2.93. The van der Waals surface area contributed by atoms with Crippen LogP contribution in [-0.4, -0.2) is 10.8 Å². The summed E-state index contributed by atoms with van der Waals surface area (Å²) in [7, 11) is 0. The fourth-order valence-electron chi connectivity index (χ4n) is 3.49. The first-order valence-corrected chi connectivity index (χ1v) is 8.20. The molecule has 0 saturated heterocycles. The number of fused-ring (bicyclic) bond motifs is 3. The highest BCUT2D eigenvalue weighted by Crippen LogP contribution is 2.45. The van der Waals surface area contributed by atoms with Crippen LogP contribution in [-0.2, 0) is 4.79 Å². The van der Waals surface area contributed by atoms with Gasteiger partial charge in [-0.3, -0.25) is 14.9 Å². The van der Waals surface area contributed by atoms with Crippen LogP contribution in [0.2, 0.25) is 0 Å². The van der Waals surface area contributed by atoms with E-state index in [1.807, 2.05) is 36.4 Å². The molecule has 0 spiro atoms. The highest BCUT2D eigenvalue weighted by atomic mass is 16.6. The van der Waals surface area contributed by atoms with Crippen LogP contribution in [0.1, 0.15) is 17.0 Å². The quantitative estimate of drug-likeness (QED) is 0.549. The van der Waals surface area contributed by atoms with Crippen LogP contribution < -0.4 is 16.2 Å². The van der Waals surface area contributed by atoms with Gasteiger partial charge in [-0.1, -0.05) is 48.5 Å². The van der Waals surface area contributed by atoms with Crippen molar-refractivity contribution in [3.63, 3.8) is 0 Å². The zero-order valence-electron chi connectivity index (χ0n) is 14.1. The number of rotatable bonds is 3. The van der Waals surface area contributed by atoms with Crippen LogP contribution in [0.4, 0.5) is 5.69 Å². The lowest BCUT2D eigenvalue weighted by molar-refractivity contribution is -0.384. The predicted molar refractivity (Wildman–Crippen MR) is 99.9 cm³/mol. The Morgan fingerprint density at radius 2 is 1.85 bits per heavy atom. The molecule has 1 aliphatic heterocycles. The molecule has 0 fully saturated rings. The summed E-state index contributed by atoms with van der Waals surface area (Å²) < 4.78 is 5.77. The minimum Gasteiger partial charge on any atom is -0.440 e. The number of hydrogen-bond donors (Lipinski definition) is 2. The Morgan fingerprint density at radius 1 is 1.07 bits per heavy atom. The van der Waals surface area contributed by atoms with Crippen LogP contribution >= 0.6 is 0 Å². The largest absolute Gasteiger partial charge is 0.440 e. The van der Waals surface area contributed by atoms with Gasteiger partial charge in [-0.15, -0.1) is 0 Å². The monoisotopic (exact) mass is 361 g/mol. The Kier molecular flexibility index (Phi) is 3.77. The molecule has 1 aliphatic rings. The molecule has 7 nitrogen and oxygen atoms in total. The lowest BCUT2D eigenvalue weighted by Crippen LogP contribution is -2.30. The molecule has 4 N–H and O–H groups in total. The SMILES string of the molecule is NC(=O)C1=C(N)Oc2c(ccc3ccccc23)C1c1cccc([N+](=O)[O-])c1. The van der Waals surface area contributed by atoms with Gasteiger partial charge in [-0.05, 0) is 10.9 Å². The summed E-state index contributed by atoms with van der Waals surface area (Å²) in [5, 5.41) is 13.0. The molecule has 7 heteroatoms. The Morgan fingerprint density at radius 3 is 2.59 bits per heavy atom. The van der Waals surface area contributed by atoms with E-state index in [4.69, 9.17) is 16.2 Å². The van der Waals surface area contributed by atoms with Gasteiger partial charge in [0.1, 0.15) is 5.75 Å². The molecule has 1 unspecified atom stereocenters. The maximum atomic E-state index is 12.1. The van der Waals surface area contributed by atoms with E-state index in [-0.39, 0.29) is 17.1 Å². The van der Waals surface area contributed by atoms with Crippen LogP contribution in [0.5, 0.6) is 5.75 Å². The highest BCUT2D eigenvalue weighted by molar-refractivity contribution is 5.98. The van der Waals surface area contributed by atoms with E-state index < -0.39 is 16.7 Å². The van der Waals surface area contributed by atoms with E-state index in [2.05, 4.69) is 0 Å². The van der Waals surface area contributed by atoms with Gasteiger partial charge >= 0.3 is 0 Å². The van der Waals surface area contributed by atoms with Crippen molar-refractivity contribution in [1.82, 2.24) is 0 Å². The van der Waals surface area contributed by atoms with Gasteiger partial charge in [0, 0.05) is 29.0 Å². The molecule has 3 aromatic carbocycles. The van der Waals surface area contributed by atoms with Crippen molar-refractivity contribution in [3.05, 3.63) is 93.4 Å². The second-order valence-electron chi connectivity index (χ2n) is 6.23. The highest BCUT2D eigenvalue weighted by Gasteiger charge is 2.34. The van der Waals surface area contributed by atoms with Crippen molar-refractivity contribution >= 4 is 22.4 Å². The molecule has 0 radical (unpaired) electrons. The van der Waals surface area contributed by atoms with Gasteiger partial charge in [0.2, 0.25) is 5.88 Å². The number of benzene rings is 3. The van der Waals surface area contributed by atoms with Crippen LogP contribution in [0.25, 0.3) is 10.8 Å². The third-order valence-corrected chi connectivity index (χ3v) is 4.67. The summed E-state index contributed by atoms with van der Waals surface area (Å²) in [5.41, 5.74) is 12.8. The first-order valence-electron chi connectivity index (χ1n) is 8.20. The number of carbonyl (C=O) groups excluding carboxylic acids is 1. The van der Waals surface area contributed by atoms with Gasteiger partial charge in [-0.25, -0.2) is 0 Å². The molecular weight excluding hydrogens is 346 g/mol. The molecule has 1 atom stereocenters. The minimum atomic E-state index is -0.734. The van der Waals surface area contributed by atoms with E-state index in [0.717, 1.165) is 10.8 Å². The lowest BCUT2D eigenvalue weighted by atomic mass is 9.81. The number of nitrogens with two attached hydrogens (primary N) is 2. The lowest BCUT2D eigenvalue weighted by Gasteiger charge is -2.29. The first kappa shape index (κ1) is 16.6. The van der Waals surface area contributed by atoms with E-state index in [1.54, 1.807) is 12.1 Å². The number of non-ortho nitro benzene ring substituents is 1. The molecule has 0 aliphatic carbocycles. The van der Waals surface area contributed by atoms with Crippen LogP contribution in [0.15, 0.2) is 72.1 Å².